The van der Waals surface area contributed by atoms with Crippen LogP contribution in [-0.4, -0.2) is 31.4 Å². The molecule has 2 N–H and O–H groups in total. The summed E-state index contributed by atoms with van der Waals surface area (Å²) in [5.41, 5.74) is 2.85. The summed E-state index contributed by atoms with van der Waals surface area (Å²) in [7, 11) is 3.98. The molecule has 0 radical (unpaired) electrons. The fourth-order valence-corrected chi connectivity index (χ4v) is 2.05. The van der Waals surface area contributed by atoms with Gasteiger partial charge in [-0.25, -0.2) is 0 Å². The number of aryl methyl sites for hydroxylation is 1. The largest absolute Gasteiger partial charge is 0.358 e. The number of quaternary nitrogens is 1. The maximum Gasteiger partial charge on any atom is 0.219 e. The average Bonchev–Trinajstić information content (AvgIpc) is 2.52. The fourth-order valence-electron chi connectivity index (χ4n) is 2.05. The summed E-state index contributed by atoms with van der Waals surface area (Å²) in [6.07, 6.45) is 0. The van der Waals surface area contributed by atoms with Crippen molar-refractivity contribution in [2.24, 2.45) is 0 Å². The van der Waals surface area contributed by atoms with E-state index in [4.69, 9.17) is 0 Å². The lowest BCUT2D eigenvalue weighted by atomic mass is 10.1. The van der Waals surface area contributed by atoms with Crippen molar-refractivity contribution in [3.8, 4) is 0 Å². The third-order valence-electron chi connectivity index (χ3n) is 2.69. The van der Waals surface area contributed by atoms with Gasteiger partial charge in [-0.05, 0) is 13.0 Å². The number of benzene rings is 1. The Balaban J connectivity index is 2.51. The van der Waals surface area contributed by atoms with Gasteiger partial charge in [0.25, 0.3) is 0 Å². The number of hydrogen-bond donors (Lipinski definition) is 2. The summed E-state index contributed by atoms with van der Waals surface area (Å²) in [5.74, 6) is 0.204. The lowest BCUT2D eigenvalue weighted by Gasteiger charge is -2.05. The zero-order valence-corrected chi connectivity index (χ0v) is 9.92. The third kappa shape index (κ3) is 1.86. The van der Waals surface area contributed by atoms with Gasteiger partial charge < -0.3 is 9.88 Å². The van der Waals surface area contributed by atoms with Crippen LogP contribution in [0.4, 0.5) is 0 Å². The molecule has 0 atom stereocenters. The first kappa shape index (κ1) is 10.9. The van der Waals surface area contributed by atoms with Gasteiger partial charge in [-0.1, -0.05) is 18.2 Å². The Morgan fingerprint density at radius 1 is 1.31 bits per heavy atom. The van der Waals surface area contributed by atoms with E-state index in [2.05, 4.69) is 4.98 Å². The highest BCUT2D eigenvalue weighted by Gasteiger charge is 2.17. The standard InChI is InChI=1S/C13H16N2O/c1-9-13(12(16)8-15(2)3)10-6-4-5-7-11(10)14-9/h4-7,14H,8H2,1-3H3/p+1. The topological polar surface area (TPSA) is 37.3 Å². The highest BCUT2D eigenvalue weighted by atomic mass is 16.1. The van der Waals surface area contributed by atoms with Crippen molar-refractivity contribution < 1.29 is 9.69 Å². The normalized spacial score (nSPS) is 11.2. The molecule has 0 fully saturated rings. The Hall–Kier alpha value is -1.61. The predicted molar refractivity (Wildman–Crippen MR) is 65.0 cm³/mol. The summed E-state index contributed by atoms with van der Waals surface area (Å²) in [4.78, 5) is 16.5. The van der Waals surface area contributed by atoms with Gasteiger partial charge >= 0.3 is 0 Å². The minimum absolute atomic E-state index is 0.204. The molecule has 2 aromatic rings. The second-order valence-electron chi connectivity index (χ2n) is 4.48. The minimum Gasteiger partial charge on any atom is -0.358 e. The Labute approximate surface area is 95.1 Å². The summed E-state index contributed by atoms with van der Waals surface area (Å²) < 4.78 is 0. The number of rotatable bonds is 3. The quantitative estimate of drug-likeness (QED) is 0.733. The Bertz CT molecular complexity index is 526. The van der Waals surface area contributed by atoms with Gasteiger partial charge in [0.15, 0.2) is 0 Å². The average molecular weight is 217 g/mol. The molecule has 84 valence electrons. The summed E-state index contributed by atoms with van der Waals surface area (Å²) >= 11 is 0. The monoisotopic (exact) mass is 217 g/mol. The molecular weight excluding hydrogens is 200 g/mol. The Morgan fingerprint density at radius 2 is 2.00 bits per heavy atom. The number of likely N-dealkylation sites (N-methyl/N-ethyl adjacent to an activating group) is 1. The Kier molecular flexibility index (Phi) is 2.79. The number of carbonyl (C=O) groups is 1. The van der Waals surface area contributed by atoms with Crippen molar-refractivity contribution in [2.45, 2.75) is 6.92 Å². The minimum atomic E-state index is 0.204. The van der Waals surface area contributed by atoms with Crippen LogP contribution < -0.4 is 4.90 Å². The van der Waals surface area contributed by atoms with Crippen LogP contribution in [0, 0.1) is 6.92 Å². The molecule has 0 aliphatic rings. The SMILES string of the molecule is Cc1[nH]c2ccccc2c1C(=O)C[NH+](C)C. The van der Waals surface area contributed by atoms with E-state index in [1.54, 1.807) is 0 Å². The van der Waals surface area contributed by atoms with Crippen LogP contribution in [0.15, 0.2) is 24.3 Å². The van der Waals surface area contributed by atoms with E-state index in [1.165, 1.54) is 0 Å². The van der Waals surface area contributed by atoms with Gasteiger partial charge in [0, 0.05) is 16.6 Å². The zero-order valence-electron chi connectivity index (χ0n) is 9.92. The molecule has 0 saturated carbocycles. The molecule has 1 aromatic heterocycles. The highest BCUT2D eigenvalue weighted by molar-refractivity contribution is 6.09. The molecule has 16 heavy (non-hydrogen) atoms. The molecule has 0 amide bonds. The van der Waals surface area contributed by atoms with E-state index in [1.807, 2.05) is 45.3 Å². The third-order valence-corrected chi connectivity index (χ3v) is 2.69. The smallest absolute Gasteiger partial charge is 0.219 e. The molecule has 1 heterocycles. The number of carbonyl (C=O) groups excluding carboxylic acids is 1. The van der Waals surface area contributed by atoms with Crippen LogP contribution in [0.5, 0.6) is 0 Å². The second-order valence-corrected chi connectivity index (χ2v) is 4.48. The first-order valence-corrected chi connectivity index (χ1v) is 5.49. The summed E-state index contributed by atoms with van der Waals surface area (Å²) in [6, 6.07) is 7.94. The first-order chi connectivity index (χ1) is 7.59. The van der Waals surface area contributed by atoms with E-state index in [0.717, 1.165) is 27.1 Å². The van der Waals surface area contributed by atoms with Crippen molar-refractivity contribution in [1.82, 2.24) is 4.98 Å². The maximum absolute atomic E-state index is 12.1. The summed E-state index contributed by atoms with van der Waals surface area (Å²) in [6.45, 7) is 2.49. The van der Waals surface area contributed by atoms with Gasteiger partial charge in [-0.3, -0.25) is 4.79 Å². The number of aromatic nitrogens is 1. The summed E-state index contributed by atoms with van der Waals surface area (Å²) in [5, 5.41) is 1.03. The number of para-hydroxylation sites is 1. The molecule has 0 unspecified atom stereocenters. The number of H-pyrrole nitrogens is 1. The molecule has 0 bridgehead atoms. The van der Waals surface area contributed by atoms with Crippen LogP contribution in [0.1, 0.15) is 16.1 Å². The molecule has 0 saturated heterocycles. The van der Waals surface area contributed by atoms with Gasteiger partial charge in [-0.2, -0.15) is 0 Å². The highest BCUT2D eigenvalue weighted by Crippen LogP contribution is 2.21. The molecule has 0 aliphatic heterocycles. The lowest BCUT2D eigenvalue weighted by molar-refractivity contribution is -0.848. The molecule has 1 aromatic carbocycles. The lowest BCUT2D eigenvalue weighted by Crippen LogP contribution is -3.06. The molecule has 0 aliphatic carbocycles. The van der Waals surface area contributed by atoms with Crippen LogP contribution in [0.2, 0.25) is 0 Å². The Morgan fingerprint density at radius 3 is 2.69 bits per heavy atom. The van der Waals surface area contributed by atoms with Gasteiger partial charge in [0.1, 0.15) is 6.54 Å². The molecule has 3 heteroatoms. The predicted octanol–water partition coefficient (Wildman–Crippen LogP) is 0.804. The van der Waals surface area contributed by atoms with E-state index >= 15 is 0 Å². The number of fused-ring (bicyclic) bond motifs is 1. The molecule has 3 nitrogen and oxygen atoms in total. The molecule has 2 rings (SSSR count). The fraction of sp³-hybridized carbons (Fsp3) is 0.308. The number of hydrogen-bond acceptors (Lipinski definition) is 1. The van der Waals surface area contributed by atoms with E-state index < -0.39 is 0 Å². The molecule has 0 spiro atoms. The van der Waals surface area contributed by atoms with E-state index in [0.29, 0.717) is 6.54 Å². The second kappa shape index (κ2) is 4.10. The van der Waals surface area contributed by atoms with Crippen LogP contribution >= 0.6 is 0 Å². The van der Waals surface area contributed by atoms with Crippen molar-refractivity contribution in [3.05, 3.63) is 35.5 Å². The van der Waals surface area contributed by atoms with E-state index in [9.17, 15) is 4.79 Å². The zero-order chi connectivity index (χ0) is 11.7. The van der Waals surface area contributed by atoms with Gasteiger partial charge in [-0.15, -0.1) is 0 Å². The van der Waals surface area contributed by atoms with Crippen molar-refractivity contribution in [1.29, 1.82) is 0 Å². The van der Waals surface area contributed by atoms with Crippen molar-refractivity contribution >= 4 is 16.7 Å². The van der Waals surface area contributed by atoms with Crippen molar-refractivity contribution in [3.63, 3.8) is 0 Å². The first-order valence-electron chi connectivity index (χ1n) is 5.49. The van der Waals surface area contributed by atoms with Gasteiger partial charge in [0.05, 0.1) is 19.7 Å². The van der Waals surface area contributed by atoms with E-state index in [-0.39, 0.29) is 5.78 Å². The van der Waals surface area contributed by atoms with Crippen LogP contribution in [-0.2, 0) is 0 Å². The van der Waals surface area contributed by atoms with Crippen LogP contribution in [0.25, 0.3) is 10.9 Å². The maximum atomic E-state index is 12.1. The van der Waals surface area contributed by atoms with Crippen molar-refractivity contribution in [2.75, 3.05) is 20.6 Å². The van der Waals surface area contributed by atoms with Gasteiger partial charge in [0.2, 0.25) is 5.78 Å². The van der Waals surface area contributed by atoms with Crippen LogP contribution in [0.3, 0.4) is 0 Å². The molecular formula is C13H17N2O+. The number of nitrogens with one attached hydrogen (secondary N) is 2. The number of ketones is 1. The number of Topliss-reactive ketones (excluding diaryl/α,β-unsaturated/α-hetero) is 1. The number of aromatic amines is 1.